The molecule has 0 spiro atoms. The fourth-order valence-electron chi connectivity index (χ4n) is 1.74. The number of hydrogen-bond donors (Lipinski definition) is 1. The van der Waals surface area contributed by atoms with Gasteiger partial charge in [-0.05, 0) is 17.4 Å². The molecule has 0 saturated heterocycles. The van der Waals surface area contributed by atoms with Crippen molar-refractivity contribution < 1.29 is 0 Å². The van der Waals surface area contributed by atoms with Gasteiger partial charge >= 0.3 is 0 Å². The highest BCUT2D eigenvalue weighted by molar-refractivity contribution is 5.93. The van der Waals surface area contributed by atoms with Crippen molar-refractivity contribution in [3.63, 3.8) is 0 Å². The van der Waals surface area contributed by atoms with Crippen molar-refractivity contribution in [3.8, 4) is 0 Å². The smallest absolute Gasteiger partial charge is 0.131 e. The van der Waals surface area contributed by atoms with Crippen LogP contribution in [-0.4, -0.2) is 4.98 Å². The van der Waals surface area contributed by atoms with Crippen molar-refractivity contribution in [2.75, 3.05) is 5.73 Å². The van der Waals surface area contributed by atoms with Crippen molar-refractivity contribution in [2.45, 2.75) is 19.8 Å². The third-order valence-electron chi connectivity index (χ3n) is 2.43. The summed E-state index contributed by atoms with van der Waals surface area (Å²) in [5, 5.41) is 2.31. The summed E-state index contributed by atoms with van der Waals surface area (Å²) in [7, 11) is 0. The Hall–Kier alpha value is -1.57. The van der Waals surface area contributed by atoms with Gasteiger partial charge in [-0.15, -0.1) is 0 Å². The van der Waals surface area contributed by atoms with Gasteiger partial charge in [0.05, 0.1) is 0 Å². The lowest BCUT2D eigenvalue weighted by Crippen LogP contribution is -1.95. The Bertz CT molecular complexity index is 449. The summed E-state index contributed by atoms with van der Waals surface area (Å²) >= 11 is 0. The average molecular weight is 186 g/mol. The molecule has 0 saturated carbocycles. The first kappa shape index (κ1) is 9.00. The molecule has 0 aliphatic heterocycles. The fourth-order valence-corrected chi connectivity index (χ4v) is 1.74. The van der Waals surface area contributed by atoms with Crippen molar-refractivity contribution >= 4 is 16.6 Å². The molecule has 0 fully saturated rings. The van der Waals surface area contributed by atoms with Gasteiger partial charge in [0, 0.05) is 11.6 Å². The topological polar surface area (TPSA) is 38.9 Å². The Kier molecular flexibility index (Phi) is 2.35. The molecule has 2 aromatic rings. The molecule has 0 bridgehead atoms. The minimum absolute atomic E-state index is 0.625. The number of aromatic nitrogens is 1. The number of aryl methyl sites for hydroxylation is 1. The van der Waals surface area contributed by atoms with Crippen molar-refractivity contribution in [2.24, 2.45) is 0 Å². The number of nitrogens with two attached hydrogens (primary N) is 1. The molecular weight excluding hydrogens is 172 g/mol. The number of benzene rings is 1. The lowest BCUT2D eigenvalue weighted by molar-refractivity contribution is 0.923. The highest BCUT2D eigenvalue weighted by Crippen LogP contribution is 2.22. The van der Waals surface area contributed by atoms with Crippen molar-refractivity contribution in [1.29, 1.82) is 0 Å². The Morgan fingerprint density at radius 3 is 2.64 bits per heavy atom. The predicted molar refractivity (Wildman–Crippen MR) is 60.2 cm³/mol. The lowest BCUT2D eigenvalue weighted by Gasteiger charge is -2.06. The Labute approximate surface area is 83.8 Å². The normalized spacial score (nSPS) is 10.6. The number of pyridine rings is 1. The molecular formula is C12H14N2. The fraction of sp³-hybridized carbons (Fsp3) is 0.250. The molecule has 0 aliphatic rings. The standard InChI is InChI=1S/C12H14N2/c1-2-5-9-8-14-12(13)11-7-4-3-6-10(9)11/h3-4,6-8H,2,5H2,1H3,(H2,13,14). The van der Waals surface area contributed by atoms with Crippen LogP contribution in [0.15, 0.2) is 30.5 Å². The SMILES string of the molecule is CCCc1cnc(N)c2ccccc12. The van der Waals surface area contributed by atoms with Gasteiger partial charge in [-0.25, -0.2) is 4.98 Å². The van der Waals surface area contributed by atoms with E-state index in [1.54, 1.807) is 0 Å². The number of hydrogen-bond acceptors (Lipinski definition) is 2. The summed E-state index contributed by atoms with van der Waals surface area (Å²) < 4.78 is 0. The molecule has 1 heterocycles. The molecule has 14 heavy (non-hydrogen) atoms. The summed E-state index contributed by atoms with van der Waals surface area (Å²) in [6.45, 7) is 2.17. The second-order valence-corrected chi connectivity index (χ2v) is 3.46. The van der Waals surface area contributed by atoms with Gasteiger partial charge < -0.3 is 5.73 Å². The van der Waals surface area contributed by atoms with Gasteiger partial charge in [-0.3, -0.25) is 0 Å². The summed E-state index contributed by atoms with van der Waals surface area (Å²) in [6.07, 6.45) is 4.09. The zero-order chi connectivity index (χ0) is 9.97. The first-order valence-corrected chi connectivity index (χ1v) is 4.95. The van der Waals surface area contributed by atoms with Crippen LogP contribution in [0, 0.1) is 0 Å². The molecule has 0 atom stereocenters. The maximum absolute atomic E-state index is 5.81. The number of rotatable bonds is 2. The predicted octanol–water partition coefficient (Wildman–Crippen LogP) is 2.77. The summed E-state index contributed by atoms with van der Waals surface area (Å²) in [6, 6.07) is 8.17. The Morgan fingerprint density at radius 1 is 1.21 bits per heavy atom. The van der Waals surface area contributed by atoms with Crippen LogP contribution in [0.1, 0.15) is 18.9 Å². The van der Waals surface area contributed by atoms with Crippen LogP contribution >= 0.6 is 0 Å². The van der Waals surface area contributed by atoms with Crippen LogP contribution in [0.25, 0.3) is 10.8 Å². The molecule has 1 aromatic carbocycles. The van der Waals surface area contributed by atoms with E-state index < -0.39 is 0 Å². The van der Waals surface area contributed by atoms with Crippen LogP contribution in [0.3, 0.4) is 0 Å². The summed E-state index contributed by atoms with van der Waals surface area (Å²) in [5.41, 5.74) is 7.10. The summed E-state index contributed by atoms with van der Waals surface area (Å²) in [5.74, 6) is 0.625. The number of anilines is 1. The lowest BCUT2D eigenvalue weighted by atomic mass is 10.0. The second kappa shape index (κ2) is 3.66. The highest BCUT2D eigenvalue weighted by Gasteiger charge is 2.03. The molecule has 0 unspecified atom stereocenters. The van der Waals surface area contributed by atoms with E-state index in [2.05, 4.69) is 18.0 Å². The quantitative estimate of drug-likeness (QED) is 0.783. The van der Waals surface area contributed by atoms with E-state index in [0.29, 0.717) is 5.82 Å². The van der Waals surface area contributed by atoms with Crippen molar-refractivity contribution in [3.05, 3.63) is 36.0 Å². The van der Waals surface area contributed by atoms with Crippen LogP contribution < -0.4 is 5.73 Å². The zero-order valence-corrected chi connectivity index (χ0v) is 8.33. The molecule has 2 N–H and O–H groups in total. The highest BCUT2D eigenvalue weighted by atomic mass is 14.8. The third-order valence-corrected chi connectivity index (χ3v) is 2.43. The first-order valence-electron chi connectivity index (χ1n) is 4.95. The van der Waals surface area contributed by atoms with E-state index in [1.165, 1.54) is 10.9 Å². The van der Waals surface area contributed by atoms with Gasteiger partial charge in [0.25, 0.3) is 0 Å². The van der Waals surface area contributed by atoms with E-state index in [-0.39, 0.29) is 0 Å². The number of nitrogens with zero attached hydrogens (tertiary/aromatic N) is 1. The van der Waals surface area contributed by atoms with E-state index in [0.717, 1.165) is 18.2 Å². The maximum Gasteiger partial charge on any atom is 0.131 e. The Morgan fingerprint density at radius 2 is 1.93 bits per heavy atom. The van der Waals surface area contributed by atoms with Crippen LogP contribution in [0.2, 0.25) is 0 Å². The molecule has 72 valence electrons. The van der Waals surface area contributed by atoms with Crippen molar-refractivity contribution in [1.82, 2.24) is 4.98 Å². The summed E-state index contributed by atoms with van der Waals surface area (Å²) in [4.78, 5) is 4.20. The number of fused-ring (bicyclic) bond motifs is 1. The monoisotopic (exact) mass is 186 g/mol. The van der Waals surface area contributed by atoms with Gasteiger partial charge in [0.1, 0.15) is 5.82 Å². The second-order valence-electron chi connectivity index (χ2n) is 3.46. The molecule has 2 nitrogen and oxygen atoms in total. The van der Waals surface area contributed by atoms with E-state index >= 15 is 0 Å². The Balaban J connectivity index is 2.68. The average Bonchev–Trinajstić information content (AvgIpc) is 2.23. The van der Waals surface area contributed by atoms with E-state index in [4.69, 9.17) is 5.73 Å². The van der Waals surface area contributed by atoms with Gasteiger partial charge in [0.2, 0.25) is 0 Å². The largest absolute Gasteiger partial charge is 0.383 e. The van der Waals surface area contributed by atoms with Gasteiger partial charge in [-0.1, -0.05) is 37.6 Å². The first-order chi connectivity index (χ1) is 6.83. The minimum atomic E-state index is 0.625. The molecule has 0 radical (unpaired) electrons. The molecule has 0 amide bonds. The van der Waals surface area contributed by atoms with Gasteiger partial charge in [0.15, 0.2) is 0 Å². The van der Waals surface area contributed by atoms with E-state index in [9.17, 15) is 0 Å². The minimum Gasteiger partial charge on any atom is -0.383 e. The molecule has 2 rings (SSSR count). The molecule has 2 heteroatoms. The molecule has 0 aliphatic carbocycles. The molecule has 1 aromatic heterocycles. The zero-order valence-electron chi connectivity index (χ0n) is 8.33. The van der Waals surface area contributed by atoms with Gasteiger partial charge in [-0.2, -0.15) is 0 Å². The third kappa shape index (κ3) is 1.43. The van der Waals surface area contributed by atoms with Crippen LogP contribution in [0.4, 0.5) is 5.82 Å². The van der Waals surface area contributed by atoms with Crippen LogP contribution in [-0.2, 0) is 6.42 Å². The number of nitrogen functional groups attached to an aromatic ring is 1. The van der Waals surface area contributed by atoms with E-state index in [1.807, 2.05) is 24.4 Å². The maximum atomic E-state index is 5.81. The van der Waals surface area contributed by atoms with Crippen LogP contribution in [0.5, 0.6) is 0 Å².